The number of fused-ring (bicyclic) bond motifs is 1. The first-order chi connectivity index (χ1) is 10.6. The number of imidazole rings is 1. The minimum absolute atomic E-state index is 0.437. The molecule has 5 heteroatoms. The average molecular weight is 297 g/mol. The number of hydrogen-bond donors (Lipinski definition) is 0. The molecule has 0 N–H and O–H groups in total. The molecule has 0 amide bonds. The van der Waals surface area contributed by atoms with Gasteiger partial charge in [-0.25, -0.2) is 13.8 Å². The molecule has 0 aliphatic carbocycles. The van der Waals surface area contributed by atoms with Gasteiger partial charge >= 0.3 is 0 Å². The highest BCUT2D eigenvalue weighted by atomic mass is 19.2. The maximum absolute atomic E-state index is 13.5. The molecule has 0 aliphatic heterocycles. The number of halogens is 2. The Kier molecular flexibility index (Phi) is 3.60. The van der Waals surface area contributed by atoms with Gasteiger partial charge in [-0.05, 0) is 17.7 Å². The van der Waals surface area contributed by atoms with Gasteiger partial charge in [-0.2, -0.15) is 5.26 Å². The minimum Gasteiger partial charge on any atom is -0.323 e. The fraction of sp³-hybridized carbons (Fsp3) is 0.176. The van der Waals surface area contributed by atoms with Gasteiger partial charge < -0.3 is 4.57 Å². The van der Waals surface area contributed by atoms with Gasteiger partial charge in [-0.15, -0.1) is 0 Å². The van der Waals surface area contributed by atoms with Crippen LogP contribution in [-0.4, -0.2) is 9.55 Å². The van der Waals surface area contributed by atoms with Crippen LogP contribution in [0.25, 0.3) is 11.0 Å². The Hall–Kier alpha value is -2.74. The molecular formula is C17H13F2N3. The second-order valence-corrected chi connectivity index (χ2v) is 5.03. The molecule has 0 saturated heterocycles. The van der Waals surface area contributed by atoms with E-state index < -0.39 is 11.6 Å². The number of nitrogens with zero attached hydrogens (tertiary/aromatic N) is 3. The molecule has 0 aliphatic rings. The van der Waals surface area contributed by atoms with E-state index in [-0.39, 0.29) is 0 Å². The van der Waals surface area contributed by atoms with Crippen LogP contribution in [0.15, 0.2) is 36.4 Å². The highest BCUT2D eigenvalue weighted by Gasteiger charge is 2.13. The summed E-state index contributed by atoms with van der Waals surface area (Å²) in [6, 6.07) is 11.6. The topological polar surface area (TPSA) is 41.6 Å². The highest BCUT2D eigenvalue weighted by molar-refractivity contribution is 5.76. The van der Waals surface area contributed by atoms with Crippen LogP contribution in [0.5, 0.6) is 0 Å². The van der Waals surface area contributed by atoms with Crippen LogP contribution in [0.1, 0.15) is 23.9 Å². The summed E-state index contributed by atoms with van der Waals surface area (Å²) >= 11 is 0. The van der Waals surface area contributed by atoms with Crippen LogP contribution in [0.2, 0.25) is 0 Å². The zero-order valence-electron chi connectivity index (χ0n) is 12.0. The van der Waals surface area contributed by atoms with E-state index in [2.05, 4.69) is 11.1 Å². The molecule has 0 unspecified atom stereocenters. The molecule has 3 aromatic rings. The lowest BCUT2D eigenvalue weighted by molar-refractivity contribution is 0.510. The molecule has 3 rings (SSSR count). The molecular weight excluding hydrogens is 284 g/mol. The highest BCUT2D eigenvalue weighted by Crippen LogP contribution is 2.22. The minimum atomic E-state index is -0.897. The lowest BCUT2D eigenvalue weighted by Crippen LogP contribution is -2.04. The Bertz CT molecular complexity index is 891. The summed E-state index contributed by atoms with van der Waals surface area (Å²) in [4.78, 5) is 4.36. The summed E-state index contributed by atoms with van der Waals surface area (Å²) in [7, 11) is 0. The van der Waals surface area contributed by atoms with E-state index in [0.717, 1.165) is 17.5 Å². The Labute approximate surface area is 126 Å². The van der Waals surface area contributed by atoms with E-state index in [4.69, 9.17) is 5.26 Å². The van der Waals surface area contributed by atoms with Crippen molar-refractivity contribution in [2.45, 2.75) is 19.9 Å². The van der Waals surface area contributed by atoms with Crippen LogP contribution < -0.4 is 0 Å². The molecule has 110 valence electrons. The predicted molar refractivity (Wildman–Crippen MR) is 79.3 cm³/mol. The lowest BCUT2D eigenvalue weighted by Gasteiger charge is -2.09. The predicted octanol–water partition coefficient (Wildman–Crippen LogP) is 3.80. The Morgan fingerprint density at radius 3 is 2.68 bits per heavy atom. The van der Waals surface area contributed by atoms with Crippen molar-refractivity contribution in [1.82, 2.24) is 9.55 Å². The molecule has 0 radical (unpaired) electrons. The van der Waals surface area contributed by atoms with E-state index >= 15 is 0 Å². The van der Waals surface area contributed by atoms with Crippen molar-refractivity contribution < 1.29 is 8.78 Å². The molecule has 3 nitrogen and oxygen atoms in total. The van der Waals surface area contributed by atoms with Crippen molar-refractivity contribution in [2.24, 2.45) is 0 Å². The van der Waals surface area contributed by atoms with Crippen molar-refractivity contribution in [3.8, 4) is 6.07 Å². The summed E-state index contributed by atoms with van der Waals surface area (Å²) in [6.45, 7) is 2.40. The maximum Gasteiger partial charge on any atom is 0.161 e. The van der Waals surface area contributed by atoms with Gasteiger partial charge in [-0.3, -0.25) is 0 Å². The van der Waals surface area contributed by atoms with Crippen LogP contribution in [0, 0.1) is 23.0 Å². The van der Waals surface area contributed by atoms with Gasteiger partial charge in [0.25, 0.3) is 0 Å². The number of aromatic nitrogens is 2. The summed E-state index contributed by atoms with van der Waals surface area (Å²) in [5.74, 6) is -1.03. The van der Waals surface area contributed by atoms with Crippen molar-refractivity contribution in [3.63, 3.8) is 0 Å². The number of benzene rings is 2. The standard InChI is InChI=1S/C17H13F2N3/c1-2-17-21-15-7-13(18)14(19)8-16(15)22(17)10-12-5-3-4-11(6-12)9-20/h3-8H,2,10H2,1H3. The molecule has 1 aromatic heterocycles. The summed E-state index contributed by atoms with van der Waals surface area (Å²) in [5, 5.41) is 8.97. The second kappa shape index (κ2) is 5.57. The lowest BCUT2D eigenvalue weighted by atomic mass is 10.1. The van der Waals surface area contributed by atoms with Gasteiger partial charge in [0, 0.05) is 25.1 Å². The van der Waals surface area contributed by atoms with E-state index in [1.165, 1.54) is 6.07 Å². The maximum atomic E-state index is 13.5. The van der Waals surface area contributed by atoms with Gasteiger partial charge in [0.2, 0.25) is 0 Å². The van der Waals surface area contributed by atoms with Crippen molar-refractivity contribution in [3.05, 3.63) is 65.0 Å². The van der Waals surface area contributed by atoms with Crippen molar-refractivity contribution in [1.29, 1.82) is 5.26 Å². The first-order valence-electron chi connectivity index (χ1n) is 6.95. The second-order valence-electron chi connectivity index (χ2n) is 5.03. The van der Waals surface area contributed by atoms with Crippen LogP contribution in [0.4, 0.5) is 8.78 Å². The largest absolute Gasteiger partial charge is 0.323 e. The van der Waals surface area contributed by atoms with E-state index in [1.807, 2.05) is 17.6 Å². The molecule has 2 aromatic carbocycles. The molecule has 1 heterocycles. The molecule has 22 heavy (non-hydrogen) atoms. The molecule has 0 bridgehead atoms. The number of hydrogen-bond acceptors (Lipinski definition) is 2. The van der Waals surface area contributed by atoms with E-state index in [1.54, 1.807) is 18.2 Å². The molecule has 0 atom stereocenters. The van der Waals surface area contributed by atoms with Crippen molar-refractivity contribution in [2.75, 3.05) is 0 Å². The normalized spacial score (nSPS) is 10.8. The third-order valence-corrected chi connectivity index (χ3v) is 3.58. The van der Waals surface area contributed by atoms with E-state index in [9.17, 15) is 8.78 Å². The smallest absolute Gasteiger partial charge is 0.161 e. The van der Waals surface area contributed by atoms with Crippen molar-refractivity contribution >= 4 is 11.0 Å². The fourth-order valence-corrected chi connectivity index (χ4v) is 2.54. The SMILES string of the molecule is CCc1nc2cc(F)c(F)cc2n1Cc1cccc(C#N)c1. The van der Waals surface area contributed by atoms with Gasteiger partial charge in [0.05, 0.1) is 22.7 Å². The zero-order valence-corrected chi connectivity index (χ0v) is 12.0. The molecule has 0 saturated carbocycles. The van der Waals surface area contributed by atoms with Crippen LogP contribution in [-0.2, 0) is 13.0 Å². The quantitative estimate of drug-likeness (QED) is 0.738. The van der Waals surface area contributed by atoms with Gasteiger partial charge in [-0.1, -0.05) is 19.1 Å². The summed E-state index contributed by atoms with van der Waals surface area (Å²) in [5.41, 5.74) is 2.47. The first-order valence-corrected chi connectivity index (χ1v) is 6.95. The van der Waals surface area contributed by atoms with E-state index in [0.29, 0.717) is 29.6 Å². The Balaban J connectivity index is 2.12. The number of rotatable bonds is 3. The third kappa shape index (κ3) is 2.44. The molecule has 0 fully saturated rings. The summed E-state index contributed by atoms with van der Waals surface area (Å²) in [6.07, 6.45) is 0.649. The number of aryl methyl sites for hydroxylation is 1. The average Bonchev–Trinajstić information content (AvgIpc) is 2.85. The van der Waals surface area contributed by atoms with Gasteiger partial charge in [0.15, 0.2) is 11.6 Å². The fourth-order valence-electron chi connectivity index (χ4n) is 2.54. The van der Waals surface area contributed by atoms with Crippen LogP contribution >= 0.6 is 0 Å². The van der Waals surface area contributed by atoms with Crippen LogP contribution in [0.3, 0.4) is 0 Å². The molecule has 0 spiro atoms. The van der Waals surface area contributed by atoms with Gasteiger partial charge in [0.1, 0.15) is 5.82 Å². The number of nitriles is 1. The monoisotopic (exact) mass is 297 g/mol. The Morgan fingerprint density at radius 1 is 1.18 bits per heavy atom. The summed E-state index contributed by atoms with van der Waals surface area (Å²) < 4.78 is 28.8. The Morgan fingerprint density at radius 2 is 1.95 bits per heavy atom. The zero-order chi connectivity index (χ0) is 15.7. The third-order valence-electron chi connectivity index (χ3n) is 3.58. The first kappa shape index (κ1) is 14.2.